The second-order valence-electron chi connectivity index (χ2n) is 11.0. The van der Waals surface area contributed by atoms with Crippen LogP contribution in [0.3, 0.4) is 0 Å². The summed E-state index contributed by atoms with van der Waals surface area (Å²) in [5.41, 5.74) is -1.60. The molecule has 312 valence electrons. The number of anilines is 3. The number of alkyl halides is 1. The molecular weight excluding hydrogens is 972 g/mol. The molecule has 0 fully saturated rings. The van der Waals surface area contributed by atoms with Gasteiger partial charge in [-0.15, -0.1) is 16.7 Å². The van der Waals surface area contributed by atoms with Gasteiger partial charge in [-0.3, -0.25) is 4.18 Å². The van der Waals surface area contributed by atoms with Crippen LogP contribution in [0.15, 0.2) is 67.4 Å². The number of ether oxygens (including phenoxy) is 1. The molecule has 32 heteroatoms. The Balaban J connectivity index is 0.00000600. The van der Waals surface area contributed by atoms with Crippen LogP contribution in [0, 0.1) is 0 Å². The van der Waals surface area contributed by atoms with Crippen LogP contribution in [0.5, 0.6) is 5.75 Å². The zero-order valence-electron chi connectivity index (χ0n) is 30.3. The average molecular weight is 998 g/mol. The minimum absolute atomic E-state index is 0. The summed E-state index contributed by atoms with van der Waals surface area (Å²) in [6.07, 6.45) is 0. The first kappa shape index (κ1) is 53.8. The molecule has 0 spiro atoms. The summed E-state index contributed by atoms with van der Waals surface area (Å²) in [5.74, 6) is -3.15. The first-order valence-electron chi connectivity index (χ1n) is 15.3. The van der Waals surface area contributed by atoms with E-state index in [0.29, 0.717) is 12.1 Å². The van der Waals surface area contributed by atoms with Crippen molar-refractivity contribution < 1.29 is 151 Å². The first-order chi connectivity index (χ1) is 26.4. The van der Waals surface area contributed by atoms with Gasteiger partial charge in [-0.05, 0) is 59.5 Å². The molecule has 0 radical (unpaired) electrons. The van der Waals surface area contributed by atoms with E-state index in [2.05, 4.69) is 40.0 Å². The Bertz CT molecular complexity index is 2760. The monoisotopic (exact) mass is 996 g/mol. The molecule has 0 aliphatic carbocycles. The molecule has 0 aliphatic rings. The van der Waals surface area contributed by atoms with Gasteiger partial charge in [0.25, 0.3) is 0 Å². The minimum Gasteiger partial charge on any atom is -0.744 e. The molecule has 0 amide bonds. The third-order valence-corrected chi connectivity index (χ3v) is 13.0. The summed E-state index contributed by atoms with van der Waals surface area (Å²) in [4.78, 5) is 9.24. The van der Waals surface area contributed by atoms with Crippen molar-refractivity contribution in [2.24, 2.45) is 10.2 Å². The first-order valence-corrected chi connectivity index (χ1v) is 23.8. The molecular formula is C27H26Cl2KN7NaO16S5-. The van der Waals surface area contributed by atoms with Gasteiger partial charge in [0.1, 0.15) is 25.9 Å². The molecule has 0 aliphatic heterocycles. The van der Waals surface area contributed by atoms with Gasteiger partial charge in [0, 0.05) is 17.8 Å². The van der Waals surface area contributed by atoms with Gasteiger partial charge in [-0.2, -0.15) is 20.1 Å². The van der Waals surface area contributed by atoms with E-state index in [1.165, 1.54) is 0 Å². The Labute approximate surface area is 412 Å². The van der Waals surface area contributed by atoms with Crippen LogP contribution in [0.2, 0.25) is 5.28 Å². The van der Waals surface area contributed by atoms with Crippen LogP contribution in [0.1, 0.15) is 0 Å². The van der Waals surface area contributed by atoms with Crippen LogP contribution in [0.25, 0.3) is 10.8 Å². The third-order valence-electron chi connectivity index (χ3n) is 7.03. The second-order valence-corrected chi connectivity index (χ2v) is 20.0. The van der Waals surface area contributed by atoms with E-state index < -0.39 is 112 Å². The van der Waals surface area contributed by atoms with E-state index in [9.17, 15) is 60.9 Å². The Kier molecular flexibility index (Phi) is 20.4. The quantitative estimate of drug-likeness (QED) is 0.0188. The van der Waals surface area contributed by atoms with Gasteiger partial charge in [0.15, 0.2) is 25.4 Å². The maximum atomic E-state index is 12.5. The van der Waals surface area contributed by atoms with Gasteiger partial charge in [-0.1, -0.05) is 0 Å². The van der Waals surface area contributed by atoms with Gasteiger partial charge in [0.2, 0.25) is 27.6 Å². The topological polar surface area (TPSA) is 366 Å². The molecule has 1 aromatic heterocycles. The number of hydrogen-bond donors (Lipinski definition) is 3. The van der Waals surface area contributed by atoms with E-state index in [-0.39, 0.29) is 135 Å². The fourth-order valence-electron chi connectivity index (χ4n) is 4.53. The molecule has 0 unspecified atom stereocenters. The number of benzene rings is 3. The molecule has 0 bridgehead atoms. The predicted molar refractivity (Wildman–Crippen MR) is 197 cm³/mol. The van der Waals surface area contributed by atoms with E-state index in [1.54, 1.807) is 0 Å². The number of azo groups is 1. The number of sulfone groups is 2. The van der Waals surface area contributed by atoms with E-state index >= 15 is 0 Å². The van der Waals surface area contributed by atoms with Crippen LogP contribution >= 0.6 is 23.2 Å². The maximum Gasteiger partial charge on any atom is 1.00 e. The van der Waals surface area contributed by atoms with Crippen molar-refractivity contribution in [2.45, 2.75) is 14.7 Å². The fraction of sp³-hybridized carbons (Fsp3) is 0.296. The molecule has 4 aromatic rings. The van der Waals surface area contributed by atoms with Crippen molar-refractivity contribution in [3.8, 4) is 5.75 Å². The number of phenols is 1. The Morgan fingerprint density at radius 2 is 1.41 bits per heavy atom. The van der Waals surface area contributed by atoms with Crippen LogP contribution in [-0.4, -0.2) is 125 Å². The molecule has 3 aromatic carbocycles. The summed E-state index contributed by atoms with van der Waals surface area (Å²) < 4.78 is 163. The van der Waals surface area contributed by atoms with Crippen molar-refractivity contribution in [1.82, 2.24) is 15.0 Å². The zero-order valence-corrected chi connectivity index (χ0v) is 41.0. The molecule has 1 heterocycles. The third kappa shape index (κ3) is 16.4. The number of rotatable bonds is 20. The SMILES string of the molecule is O=S(=O)(CCCl)CCOCCNc1nc(Cl)nc(Nc2cc(S(=O)(=O)[O-])cc3cc(S(=O)(=O)[O-])c(N=Nc4ccc(S(=O)(=O)CCOS(=O)(=O)[O-])cc4)c(O)c23)n1.[K+].[Na+]. The summed E-state index contributed by atoms with van der Waals surface area (Å²) in [6.45, 7) is -1.10. The largest absolute Gasteiger partial charge is 1.00 e. The van der Waals surface area contributed by atoms with Gasteiger partial charge < -0.3 is 34.1 Å². The minimum atomic E-state index is -5.53. The van der Waals surface area contributed by atoms with Crippen LogP contribution < -0.4 is 91.6 Å². The van der Waals surface area contributed by atoms with E-state index in [0.717, 1.165) is 30.3 Å². The Morgan fingerprint density at radius 3 is 2.00 bits per heavy atom. The van der Waals surface area contributed by atoms with Crippen molar-refractivity contribution >= 4 is 113 Å². The number of fused-ring (bicyclic) bond motifs is 1. The number of halogens is 2. The smallest absolute Gasteiger partial charge is 0.744 e. The van der Waals surface area contributed by atoms with Crippen molar-refractivity contribution in [3.05, 3.63) is 47.7 Å². The van der Waals surface area contributed by atoms with Crippen molar-refractivity contribution in [1.29, 1.82) is 0 Å². The molecule has 4 rings (SSSR count). The van der Waals surface area contributed by atoms with E-state index in [4.69, 9.17) is 27.9 Å². The average Bonchev–Trinajstić information content (AvgIpc) is 3.07. The van der Waals surface area contributed by atoms with Crippen LogP contribution in [0.4, 0.5) is 29.0 Å². The molecule has 0 atom stereocenters. The number of phenolic OH excluding ortho intramolecular Hbond substituents is 1. The summed E-state index contributed by atoms with van der Waals surface area (Å²) >= 11 is 11.5. The number of hydrogen-bond acceptors (Lipinski definition) is 23. The van der Waals surface area contributed by atoms with Crippen LogP contribution in [-0.2, 0) is 59.2 Å². The maximum absolute atomic E-state index is 12.5. The van der Waals surface area contributed by atoms with E-state index in [1.807, 2.05) is 0 Å². The van der Waals surface area contributed by atoms with Gasteiger partial charge in [0.05, 0.1) is 63.1 Å². The Morgan fingerprint density at radius 1 is 0.763 bits per heavy atom. The number of aromatic nitrogens is 3. The normalized spacial score (nSPS) is 12.6. The standard InChI is InChI=1S/C27H29Cl2N7O16S5.K.Na/c28-5-10-53(38,39)11-8-51-7-6-30-26-32-25(29)33-27(34-26)31-20-15-19(55(42,43)44)13-16-14-21(56(45,46)47)23(24(37)22(16)20)36-35-17-1-3-18(4-2-17)54(40,41)12-9-52-57(48,49)50;;/h1-4,13-15,37H,5-12H2,(H,42,43,44)(H,45,46,47)(H,48,49,50)(H2,30,31,32,33,34);;/q;2*+1/p-3. The van der Waals surface area contributed by atoms with Crippen molar-refractivity contribution in [3.63, 3.8) is 0 Å². The molecule has 23 nitrogen and oxygen atoms in total. The number of nitrogens with one attached hydrogen (secondary N) is 2. The molecule has 0 saturated heterocycles. The fourth-order valence-corrected chi connectivity index (χ4v) is 8.87. The Hall–Kier alpha value is -1.30. The number of nitrogens with zero attached hydrogens (tertiary/aromatic N) is 5. The molecule has 59 heavy (non-hydrogen) atoms. The van der Waals surface area contributed by atoms with Gasteiger partial charge >= 0.3 is 80.9 Å². The van der Waals surface area contributed by atoms with Gasteiger partial charge in [-0.25, -0.2) is 42.1 Å². The zero-order chi connectivity index (χ0) is 42.4. The predicted octanol–water partition coefficient (Wildman–Crippen LogP) is -4.31. The summed E-state index contributed by atoms with van der Waals surface area (Å²) in [6, 6.07) is 6.09. The van der Waals surface area contributed by atoms with Crippen molar-refractivity contribution in [2.75, 3.05) is 60.1 Å². The summed E-state index contributed by atoms with van der Waals surface area (Å²) in [5, 5.41) is 22.7. The second kappa shape index (κ2) is 22.4. The molecule has 0 saturated carbocycles. The summed E-state index contributed by atoms with van der Waals surface area (Å²) in [7, 11) is -23.5. The number of aromatic hydroxyl groups is 1. The molecule has 3 N–H and O–H groups in total.